The first-order chi connectivity index (χ1) is 11.9. The van der Waals surface area contributed by atoms with E-state index >= 15 is 0 Å². The molecule has 134 valence electrons. The Labute approximate surface area is 151 Å². The fourth-order valence-electron chi connectivity index (χ4n) is 2.55. The van der Waals surface area contributed by atoms with Gasteiger partial charge in [0.15, 0.2) is 0 Å². The maximum absolute atomic E-state index is 11.7. The minimum Gasteiger partial charge on any atom is -0.494 e. The van der Waals surface area contributed by atoms with Crippen molar-refractivity contribution in [2.24, 2.45) is 5.41 Å². The molecule has 2 rings (SSSR count). The molecule has 0 unspecified atom stereocenters. The van der Waals surface area contributed by atoms with Crippen molar-refractivity contribution in [1.82, 2.24) is 0 Å². The number of rotatable bonds is 7. The molecule has 0 N–H and O–H groups in total. The Morgan fingerprint density at radius 3 is 2.00 bits per heavy atom. The summed E-state index contributed by atoms with van der Waals surface area (Å²) in [4.78, 5) is 11.7. The fraction of sp³-hybridized carbons (Fsp3) is 0.409. The molecule has 2 aromatic rings. The Morgan fingerprint density at radius 2 is 1.48 bits per heavy atom. The van der Waals surface area contributed by atoms with Gasteiger partial charge in [-0.3, -0.25) is 0 Å². The van der Waals surface area contributed by atoms with Crippen LogP contribution >= 0.6 is 0 Å². The summed E-state index contributed by atoms with van der Waals surface area (Å²) in [5.74, 6) is 0.605. The largest absolute Gasteiger partial charge is 0.494 e. The summed E-state index contributed by atoms with van der Waals surface area (Å²) < 4.78 is 10.8. The van der Waals surface area contributed by atoms with Crippen LogP contribution in [0.4, 0.5) is 0 Å². The number of carbonyl (C=O) groups is 1. The van der Waals surface area contributed by atoms with Crippen molar-refractivity contribution >= 4 is 5.97 Å². The molecule has 0 aliphatic heterocycles. The van der Waals surface area contributed by atoms with Crippen LogP contribution in [0.5, 0.6) is 5.75 Å². The molecular weight excluding hydrogens is 312 g/mol. The van der Waals surface area contributed by atoms with Crippen molar-refractivity contribution in [3.05, 3.63) is 54.1 Å². The summed E-state index contributed by atoms with van der Waals surface area (Å²) in [5, 5.41) is 0. The molecule has 0 fully saturated rings. The first-order valence-corrected chi connectivity index (χ1v) is 8.89. The van der Waals surface area contributed by atoms with Gasteiger partial charge in [0, 0.05) is 0 Å². The quantitative estimate of drug-likeness (QED) is 0.476. The first kappa shape index (κ1) is 19.0. The van der Waals surface area contributed by atoms with E-state index in [1.165, 1.54) is 0 Å². The van der Waals surface area contributed by atoms with Crippen molar-refractivity contribution in [3.8, 4) is 16.9 Å². The highest BCUT2D eigenvalue weighted by Gasteiger charge is 2.09. The van der Waals surface area contributed by atoms with Gasteiger partial charge in [-0.05, 0) is 60.6 Å². The van der Waals surface area contributed by atoms with Crippen molar-refractivity contribution in [1.29, 1.82) is 0 Å². The average Bonchev–Trinajstić information content (AvgIpc) is 2.59. The van der Waals surface area contributed by atoms with Crippen molar-refractivity contribution in [2.45, 2.75) is 40.5 Å². The number of hydrogen-bond acceptors (Lipinski definition) is 3. The Kier molecular flexibility index (Phi) is 6.63. The highest BCUT2D eigenvalue weighted by atomic mass is 16.5. The van der Waals surface area contributed by atoms with E-state index in [0.29, 0.717) is 17.6 Å². The van der Waals surface area contributed by atoms with Gasteiger partial charge in [-0.15, -0.1) is 0 Å². The molecule has 0 aliphatic carbocycles. The van der Waals surface area contributed by atoms with Crippen molar-refractivity contribution < 1.29 is 14.3 Å². The van der Waals surface area contributed by atoms with Gasteiger partial charge >= 0.3 is 5.97 Å². The normalized spacial score (nSPS) is 11.2. The van der Waals surface area contributed by atoms with Gasteiger partial charge in [0.25, 0.3) is 0 Å². The van der Waals surface area contributed by atoms with E-state index in [-0.39, 0.29) is 5.97 Å². The molecule has 0 heterocycles. The van der Waals surface area contributed by atoms with E-state index in [9.17, 15) is 4.79 Å². The second-order valence-corrected chi connectivity index (χ2v) is 7.33. The van der Waals surface area contributed by atoms with Crippen molar-refractivity contribution in [3.63, 3.8) is 0 Å². The average molecular weight is 340 g/mol. The molecule has 0 saturated heterocycles. The summed E-state index contributed by atoms with van der Waals surface area (Å²) in [6.45, 7) is 9.67. The highest BCUT2D eigenvalue weighted by Crippen LogP contribution is 2.24. The minimum absolute atomic E-state index is 0.284. The molecule has 0 radical (unpaired) electrons. The molecule has 0 amide bonds. The van der Waals surface area contributed by atoms with Crippen LogP contribution < -0.4 is 4.74 Å². The van der Waals surface area contributed by atoms with Crippen LogP contribution in [0.2, 0.25) is 0 Å². The lowest BCUT2D eigenvalue weighted by Crippen LogP contribution is -2.07. The summed E-state index contributed by atoms with van der Waals surface area (Å²) in [7, 11) is 0. The van der Waals surface area contributed by atoms with Crippen LogP contribution in [0.1, 0.15) is 50.9 Å². The molecule has 0 atom stereocenters. The molecule has 3 nitrogen and oxygen atoms in total. The molecule has 2 aromatic carbocycles. The van der Waals surface area contributed by atoms with Gasteiger partial charge in [-0.25, -0.2) is 4.79 Å². The van der Waals surface area contributed by atoms with Crippen molar-refractivity contribution in [2.75, 3.05) is 13.2 Å². The molecular formula is C22H28O3. The van der Waals surface area contributed by atoms with Gasteiger partial charge < -0.3 is 9.47 Å². The maximum Gasteiger partial charge on any atom is 0.338 e. The van der Waals surface area contributed by atoms with E-state index in [4.69, 9.17) is 9.47 Å². The van der Waals surface area contributed by atoms with E-state index < -0.39 is 0 Å². The third-order valence-corrected chi connectivity index (χ3v) is 3.92. The summed E-state index contributed by atoms with van der Waals surface area (Å²) in [5.41, 5.74) is 3.08. The smallest absolute Gasteiger partial charge is 0.338 e. The van der Waals surface area contributed by atoms with Crippen LogP contribution in [0.25, 0.3) is 11.1 Å². The molecule has 0 aromatic heterocycles. The third-order valence-electron chi connectivity index (χ3n) is 3.92. The van der Waals surface area contributed by atoms with Crippen LogP contribution in [0.3, 0.4) is 0 Å². The summed E-state index contributed by atoms with van der Waals surface area (Å²) in [6, 6.07) is 15.5. The number of ether oxygens (including phenoxy) is 2. The third kappa shape index (κ3) is 6.26. The number of hydrogen-bond donors (Lipinski definition) is 0. The standard InChI is InChI=1S/C22H28O3/c1-5-24-21(23)19-9-7-17(8-10-19)18-11-13-20(14-12-18)25-16-6-15-22(2,3)4/h7-14H,5-6,15-16H2,1-4H3. The number of esters is 1. The zero-order valence-electron chi connectivity index (χ0n) is 15.7. The SMILES string of the molecule is CCOC(=O)c1ccc(-c2ccc(OCCCC(C)(C)C)cc2)cc1. The van der Waals surface area contributed by atoms with Crippen LogP contribution in [0, 0.1) is 5.41 Å². The topological polar surface area (TPSA) is 35.5 Å². The number of benzene rings is 2. The predicted octanol–water partition coefficient (Wildman–Crippen LogP) is 5.74. The van der Waals surface area contributed by atoms with Gasteiger partial charge in [0.2, 0.25) is 0 Å². The van der Waals surface area contributed by atoms with Crippen LogP contribution in [-0.2, 0) is 4.74 Å². The maximum atomic E-state index is 11.7. The van der Waals surface area contributed by atoms with E-state index in [2.05, 4.69) is 20.8 Å². The zero-order chi connectivity index (χ0) is 18.3. The minimum atomic E-state index is -0.284. The van der Waals surface area contributed by atoms with E-state index in [0.717, 1.165) is 36.3 Å². The van der Waals surface area contributed by atoms with Gasteiger partial charge in [-0.1, -0.05) is 45.0 Å². The zero-order valence-corrected chi connectivity index (χ0v) is 15.7. The van der Waals surface area contributed by atoms with E-state index in [1.54, 1.807) is 19.1 Å². The molecule has 0 spiro atoms. The van der Waals surface area contributed by atoms with Gasteiger partial charge in [-0.2, -0.15) is 0 Å². The fourth-order valence-corrected chi connectivity index (χ4v) is 2.55. The highest BCUT2D eigenvalue weighted by molar-refractivity contribution is 5.90. The Balaban J connectivity index is 1.92. The summed E-state index contributed by atoms with van der Waals surface area (Å²) in [6.07, 6.45) is 2.21. The monoisotopic (exact) mass is 340 g/mol. The van der Waals surface area contributed by atoms with Crippen LogP contribution in [-0.4, -0.2) is 19.2 Å². The Bertz CT molecular complexity index is 664. The Hall–Kier alpha value is -2.29. The molecule has 0 aliphatic rings. The van der Waals surface area contributed by atoms with Gasteiger partial charge in [0.1, 0.15) is 5.75 Å². The lowest BCUT2D eigenvalue weighted by molar-refractivity contribution is 0.0526. The lowest BCUT2D eigenvalue weighted by Gasteiger charge is -2.17. The molecule has 0 saturated carbocycles. The molecule has 0 bridgehead atoms. The number of carbonyl (C=O) groups excluding carboxylic acids is 1. The van der Waals surface area contributed by atoms with E-state index in [1.807, 2.05) is 36.4 Å². The predicted molar refractivity (Wildman–Crippen MR) is 102 cm³/mol. The second-order valence-electron chi connectivity index (χ2n) is 7.33. The molecule has 3 heteroatoms. The molecule has 25 heavy (non-hydrogen) atoms. The Morgan fingerprint density at radius 1 is 0.920 bits per heavy atom. The first-order valence-electron chi connectivity index (χ1n) is 8.89. The lowest BCUT2D eigenvalue weighted by atomic mass is 9.91. The van der Waals surface area contributed by atoms with Gasteiger partial charge in [0.05, 0.1) is 18.8 Å². The summed E-state index contributed by atoms with van der Waals surface area (Å²) >= 11 is 0. The van der Waals surface area contributed by atoms with Crippen LogP contribution in [0.15, 0.2) is 48.5 Å². The second kappa shape index (κ2) is 8.70.